The van der Waals surface area contributed by atoms with Crippen molar-refractivity contribution in [3.8, 4) is 0 Å². The first-order valence-corrected chi connectivity index (χ1v) is 8.85. The van der Waals surface area contributed by atoms with Crippen molar-refractivity contribution in [1.29, 1.82) is 0 Å². The van der Waals surface area contributed by atoms with Gasteiger partial charge in [-0.05, 0) is 57.7 Å². The molecule has 130 valence electrons. The van der Waals surface area contributed by atoms with Crippen molar-refractivity contribution in [3.63, 3.8) is 0 Å². The van der Waals surface area contributed by atoms with Gasteiger partial charge in [0, 0.05) is 31.8 Å². The molecule has 3 nitrogen and oxygen atoms in total. The molecular formula is C21H30N2O. The molecule has 1 N–H and O–H groups in total. The minimum Gasteiger partial charge on any atom is -0.350 e. The van der Waals surface area contributed by atoms with Gasteiger partial charge in [0.1, 0.15) is 0 Å². The molecule has 1 fully saturated rings. The molecule has 0 aliphatic carbocycles. The summed E-state index contributed by atoms with van der Waals surface area (Å²) in [6.07, 6.45) is 7.90. The highest BCUT2D eigenvalue weighted by Gasteiger charge is 2.19. The van der Waals surface area contributed by atoms with Gasteiger partial charge in [0.25, 0.3) is 0 Å². The number of carbonyl (C=O) groups excluding carboxylic acids is 1. The summed E-state index contributed by atoms with van der Waals surface area (Å²) in [6.45, 7) is 11.6. The molecule has 0 saturated carbocycles. The van der Waals surface area contributed by atoms with Crippen LogP contribution in [0.25, 0.3) is 6.08 Å². The normalized spacial score (nSPS) is 16.3. The average molecular weight is 326 g/mol. The van der Waals surface area contributed by atoms with Crippen molar-refractivity contribution in [3.05, 3.63) is 52.6 Å². The van der Waals surface area contributed by atoms with E-state index in [1.54, 1.807) is 6.08 Å². The molecule has 24 heavy (non-hydrogen) atoms. The van der Waals surface area contributed by atoms with Crippen LogP contribution in [-0.2, 0) is 4.79 Å². The summed E-state index contributed by atoms with van der Waals surface area (Å²) in [5.74, 6) is 0.0118. The maximum absolute atomic E-state index is 12.1. The van der Waals surface area contributed by atoms with Gasteiger partial charge in [-0.2, -0.15) is 0 Å². The van der Waals surface area contributed by atoms with Gasteiger partial charge in [0.05, 0.1) is 0 Å². The van der Waals surface area contributed by atoms with Crippen LogP contribution in [0.4, 0.5) is 0 Å². The molecule has 0 aromatic heterocycles. The predicted molar refractivity (Wildman–Crippen MR) is 102 cm³/mol. The topological polar surface area (TPSA) is 32.3 Å². The number of nitrogens with one attached hydrogen (secondary N) is 1. The monoisotopic (exact) mass is 326 g/mol. The Kier molecular flexibility index (Phi) is 6.80. The van der Waals surface area contributed by atoms with E-state index in [0.717, 1.165) is 38.0 Å². The van der Waals surface area contributed by atoms with Gasteiger partial charge in [-0.25, -0.2) is 0 Å². The van der Waals surface area contributed by atoms with E-state index in [0.29, 0.717) is 6.04 Å². The molecule has 0 atom stereocenters. The zero-order valence-electron chi connectivity index (χ0n) is 15.4. The lowest BCUT2D eigenvalue weighted by molar-refractivity contribution is -0.117. The van der Waals surface area contributed by atoms with E-state index in [1.165, 1.54) is 16.7 Å². The zero-order valence-corrected chi connectivity index (χ0v) is 15.4. The number of hydrogen-bond donors (Lipinski definition) is 1. The molecule has 0 spiro atoms. The number of likely N-dealkylation sites (tertiary alicyclic amines) is 1. The molecule has 1 aromatic rings. The fourth-order valence-electron chi connectivity index (χ4n) is 3.00. The quantitative estimate of drug-likeness (QED) is 0.658. The fourth-order valence-corrected chi connectivity index (χ4v) is 3.00. The summed E-state index contributed by atoms with van der Waals surface area (Å²) in [4.78, 5) is 14.6. The van der Waals surface area contributed by atoms with Gasteiger partial charge in [-0.3, -0.25) is 9.69 Å². The van der Waals surface area contributed by atoms with Crippen molar-refractivity contribution in [1.82, 2.24) is 10.2 Å². The van der Waals surface area contributed by atoms with Gasteiger partial charge in [0.15, 0.2) is 0 Å². The third-order valence-corrected chi connectivity index (χ3v) is 4.53. The van der Waals surface area contributed by atoms with Crippen LogP contribution in [0.1, 0.15) is 43.4 Å². The predicted octanol–water partition coefficient (Wildman–Crippen LogP) is 3.86. The van der Waals surface area contributed by atoms with E-state index in [9.17, 15) is 4.79 Å². The highest BCUT2D eigenvalue weighted by atomic mass is 16.1. The highest BCUT2D eigenvalue weighted by Crippen LogP contribution is 2.13. The largest absolute Gasteiger partial charge is 0.350 e. The maximum Gasteiger partial charge on any atom is 0.244 e. The molecule has 2 rings (SSSR count). The van der Waals surface area contributed by atoms with Crippen LogP contribution in [0, 0.1) is 13.8 Å². The first-order chi connectivity index (χ1) is 11.4. The average Bonchev–Trinajstić information content (AvgIpc) is 2.53. The molecule has 1 aliphatic heterocycles. The Labute approximate surface area is 146 Å². The minimum atomic E-state index is 0.0118. The molecule has 1 aliphatic rings. The maximum atomic E-state index is 12.1. The molecule has 0 radical (unpaired) electrons. The Hall–Kier alpha value is -1.87. The van der Waals surface area contributed by atoms with Gasteiger partial charge < -0.3 is 5.32 Å². The van der Waals surface area contributed by atoms with Crippen LogP contribution >= 0.6 is 0 Å². The Morgan fingerprint density at radius 2 is 1.96 bits per heavy atom. The van der Waals surface area contributed by atoms with E-state index in [2.05, 4.69) is 62.2 Å². The van der Waals surface area contributed by atoms with Gasteiger partial charge in [-0.15, -0.1) is 0 Å². The van der Waals surface area contributed by atoms with Crippen LogP contribution in [0.2, 0.25) is 0 Å². The number of amides is 1. The van der Waals surface area contributed by atoms with Crippen molar-refractivity contribution >= 4 is 12.0 Å². The molecular weight excluding hydrogens is 296 g/mol. The number of hydrogen-bond acceptors (Lipinski definition) is 2. The minimum absolute atomic E-state index is 0.0118. The summed E-state index contributed by atoms with van der Waals surface area (Å²) < 4.78 is 0. The SMILES string of the molecule is CC(C)=CCN1CCC(NC(=O)/C=C/c2ccc(C)cc2C)CC1. The number of nitrogens with zero attached hydrogens (tertiary/aromatic N) is 1. The second kappa shape index (κ2) is 8.84. The van der Waals surface area contributed by atoms with E-state index >= 15 is 0 Å². The van der Waals surface area contributed by atoms with Crippen molar-refractivity contribution in [2.75, 3.05) is 19.6 Å². The number of benzene rings is 1. The second-order valence-corrected chi connectivity index (χ2v) is 7.06. The molecule has 1 saturated heterocycles. The van der Waals surface area contributed by atoms with Crippen LogP contribution in [0.5, 0.6) is 0 Å². The number of aryl methyl sites for hydroxylation is 2. The zero-order chi connectivity index (χ0) is 17.5. The summed E-state index contributed by atoms with van der Waals surface area (Å²) in [5.41, 5.74) is 4.91. The lowest BCUT2D eigenvalue weighted by atomic mass is 10.0. The standard InChI is InChI=1S/C21H30N2O/c1-16(2)9-12-23-13-10-20(11-14-23)22-21(24)8-7-19-6-5-17(3)15-18(19)4/h5-9,15,20H,10-14H2,1-4H3,(H,22,24)/b8-7+. The number of allylic oxidation sites excluding steroid dienone is 1. The first kappa shape index (κ1) is 18.5. The first-order valence-electron chi connectivity index (χ1n) is 8.85. The molecule has 0 unspecified atom stereocenters. The van der Waals surface area contributed by atoms with Crippen LogP contribution in [-0.4, -0.2) is 36.5 Å². The van der Waals surface area contributed by atoms with Gasteiger partial charge in [0.2, 0.25) is 5.91 Å². The van der Waals surface area contributed by atoms with Gasteiger partial charge in [-0.1, -0.05) is 35.4 Å². The molecule has 1 aromatic carbocycles. The Balaban J connectivity index is 1.79. The Morgan fingerprint density at radius 3 is 2.58 bits per heavy atom. The van der Waals surface area contributed by atoms with E-state index in [1.807, 2.05) is 6.08 Å². The Morgan fingerprint density at radius 1 is 1.25 bits per heavy atom. The number of piperidine rings is 1. The van der Waals surface area contributed by atoms with Crippen molar-refractivity contribution in [2.24, 2.45) is 0 Å². The molecule has 1 amide bonds. The van der Waals surface area contributed by atoms with Crippen LogP contribution < -0.4 is 5.32 Å². The molecule has 1 heterocycles. The summed E-state index contributed by atoms with van der Waals surface area (Å²) in [6, 6.07) is 6.58. The molecule has 0 bridgehead atoms. The van der Waals surface area contributed by atoms with Crippen molar-refractivity contribution in [2.45, 2.75) is 46.6 Å². The van der Waals surface area contributed by atoms with E-state index < -0.39 is 0 Å². The lowest BCUT2D eigenvalue weighted by Gasteiger charge is -2.31. The smallest absolute Gasteiger partial charge is 0.244 e. The third-order valence-electron chi connectivity index (χ3n) is 4.53. The summed E-state index contributed by atoms with van der Waals surface area (Å²) >= 11 is 0. The fraction of sp³-hybridized carbons (Fsp3) is 0.476. The van der Waals surface area contributed by atoms with Crippen LogP contribution in [0.3, 0.4) is 0 Å². The lowest BCUT2D eigenvalue weighted by Crippen LogP contribution is -2.44. The number of carbonyl (C=O) groups is 1. The van der Waals surface area contributed by atoms with Crippen LogP contribution in [0.15, 0.2) is 35.9 Å². The number of rotatable bonds is 5. The second-order valence-electron chi connectivity index (χ2n) is 7.06. The van der Waals surface area contributed by atoms with Crippen molar-refractivity contribution < 1.29 is 4.79 Å². The summed E-state index contributed by atoms with van der Waals surface area (Å²) in [7, 11) is 0. The van der Waals surface area contributed by atoms with Gasteiger partial charge >= 0.3 is 0 Å². The van der Waals surface area contributed by atoms with E-state index in [4.69, 9.17) is 0 Å². The highest BCUT2D eigenvalue weighted by molar-refractivity contribution is 5.92. The third kappa shape index (κ3) is 5.97. The molecule has 3 heteroatoms. The Bertz CT molecular complexity index is 619. The summed E-state index contributed by atoms with van der Waals surface area (Å²) in [5, 5.41) is 3.14. The van der Waals surface area contributed by atoms with E-state index in [-0.39, 0.29) is 5.91 Å².